The van der Waals surface area contributed by atoms with E-state index in [1.54, 1.807) is 20.8 Å². The van der Waals surface area contributed by atoms with Gasteiger partial charge in [0.2, 0.25) is 0 Å². The van der Waals surface area contributed by atoms with Crippen molar-refractivity contribution in [1.29, 1.82) is 0 Å². The predicted octanol–water partition coefficient (Wildman–Crippen LogP) is 1.83. The molecule has 2 N–H and O–H groups in total. The molecule has 0 aliphatic carbocycles. The number of aliphatic hydroxyl groups is 1. The van der Waals surface area contributed by atoms with Gasteiger partial charge in [0, 0.05) is 0 Å². The first-order chi connectivity index (χ1) is 7.90. The summed E-state index contributed by atoms with van der Waals surface area (Å²) >= 11 is 1.22. The molecule has 1 aromatic rings. The van der Waals surface area contributed by atoms with Gasteiger partial charge in [0.25, 0.3) is 0 Å². The van der Waals surface area contributed by atoms with Crippen LogP contribution in [0.5, 0.6) is 0 Å². The van der Waals surface area contributed by atoms with Crippen molar-refractivity contribution in [3.8, 4) is 11.8 Å². The van der Waals surface area contributed by atoms with Crippen LogP contribution in [0.15, 0.2) is 6.20 Å². The van der Waals surface area contributed by atoms with Crippen LogP contribution in [0.25, 0.3) is 0 Å². The molecule has 0 saturated carbocycles. The number of nitrogens with one attached hydrogen (secondary N) is 1. The Labute approximate surface area is 104 Å². The van der Waals surface area contributed by atoms with Crippen LogP contribution in [0.2, 0.25) is 0 Å². The highest BCUT2D eigenvalue weighted by Gasteiger charge is 2.16. The Morgan fingerprint density at radius 2 is 2.35 bits per heavy atom. The first-order valence-corrected chi connectivity index (χ1v) is 5.78. The van der Waals surface area contributed by atoms with E-state index in [9.17, 15) is 4.79 Å². The van der Waals surface area contributed by atoms with Gasteiger partial charge < -0.3 is 9.84 Å². The maximum atomic E-state index is 11.4. The zero-order valence-electron chi connectivity index (χ0n) is 9.90. The van der Waals surface area contributed by atoms with Gasteiger partial charge in [0.05, 0.1) is 11.1 Å². The lowest BCUT2D eigenvalue weighted by molar-refractivity contribution is 0.0636. The quantitative estimate of drug-likeness (QED) is 0.750. The third kappa shape index (κ3) is 5.33. The molecular weight excluding hydrogens is 240 g/mol. The normalized spacial score (nSPS) is 10.4. The monoisotopic (exact) mass is 254 g/mol. The van der Waals surface area contributed by atoms with Crippen LogP contribution in [0, 0.1) is 11.8 Å². The Balaban J connectivity index is 2.58. The lowest BCUT2D eigenvalue weighted by Gasteiger charge is -2.18. The minimum absolute atomic E-state index is 0.202. The number of nitrogens with zero attached hydrogens (tertiary/aromatic N) is 1. The van der Waals surface area contributed by atoms with Crippen LogP contribution in [0.3, 0.4) is 0 Å². The lowest BCUT2D eigenvalue weighted by Crippen LogP contribution is -2.27. The number of aromatic nitrogens is 1. The molecule has 0 aliphatic heterocycles. The fourth-order valence-corrected chi connectivity index (χ4v) is 1.58. The summed E-state index contributed by atoms with van der Waals surface area (Å²) < 4.78 is 5.07. The Morgan fingerprint density at radius 1 is 1.65 bits per heavy atom. The summed E-state index contributed by atoms with van der Waals surface area (Å²) in [7, 11) is 0. The number of aliphatic hydroxyl groups excluding tert-OH is 1. The summed E-state index contributed by atoms with van der Waals surface area (Å²) in [5.74, 6) is 5.20. The second kappa shape index (κ2) is 5.66. The van der Waals surface area contributed by atoms with Crippen molar-refractivity contribution >= 4 is 22.6 Å². The summed E-state index contributed by atoms with van der Waals surface area (Å²) in [5.41, 5.74) is -0.541. The van der Waals surface area contributed by atoms with Crippen molar-refractivity contribution in [3.05, 3.63) is 11.1 Å². The number of amides is 1. The fraction of sp³-hybridized carbons (Fsp3) is 0.455. The molecule has 1 amide bonds. The van der Waals surface area contributed by atoms with Gasteiger partial charge in [0.1, 0.15) is 12.2 Å². The predicted molar refractivity (Wildman–Crippen MR) is 65.9 cm³/mol. The standard InChI is InChI=1S/C11H14N2O3S/c1-11(2,3)16-10(15)13-9-12-7-8(17-9)5-4-6-14/h7,14H,6H2,1-3H3,(H,12,13,15). The van der Waals surface area contributed by atoms with Gasteiger partial charge in [-0.1, -0.05) is 23.2 Å². The van der Waals surface area contributed by atoms with E-state index in [-0.39, 0.29) is 6.61 Å². The van der Waals surface area contributed by atoms with E-state index in [0.717, 1.165) is 0 Å². The maximum absolute atomic E-state index is 11.4. The molecule has 17 heavy (non-hydrogen) atoms. The first-order valence-electron chi connectivity index (χ1n) is 4.96. The van der Waals surface area contributed by atoms with Gasteiger partial charge in [-0.2, -0.15) is 0 Å². The number of rotatable bonds is 1. The molecule has 0 aromatic carbocycles. The molecule has 0 radical (unpaired) electrons. The van der Waals surface area contributed by atoms with Crippen molar-refractivity contribution in [2.45, 2.75) is 26.4 Å². The van der Waals surface area contributed by atoms with E-state index >= 15 is 0 Å². The van der Waals surface area contributed by atoms with Gasteiger partial charge >= 0.3 is 6.09 Å². The minimum atomic E-state index is -0.548. The molecule has 1 heterocycles. The summed E-state index contributed by atoms with van der Waals surface area (Å²) in [6.45, 7) is 5.15. The van der Waals surface area contributed by atoms with E-state index in [2.05, 4.69) is 22.1 Å². The number of anilines is 1. The molecule has 1 rings (SSSR count). The zero-order chi connectivity index (χ0) is 12.9. The largest absolute Gasteiger partial charge is 0.444 e. The average Bonchev–Trinajstić information content (AvgIpc) is 2.59. The molecule has 92 valence electrons. The Bertz CT molecular complexity index is 451. The highest BCUT2D eigenvalue weighted by atomic mass is 32.1. The average molecular weight is 254 g/mol. The summed E-state index contributed by atoms with van der Waals surface area (Å²) in [4.78, 5) is 16.0. The minimum Gasteiger partial charge on any atom is -0.444 e. The topological polar surface area (TPSA) is 71.5 Å². The number of hydrogen-bond donors (Lipinski definition) is 2. The molecule has 0 bridgehead atoms. The fourth-order valence-electron chi connectivity index (χ4n) is 0.907. The van der Waals surface area contributed by atoms with Gasteiger partial charge in [-0.3, -0.25) is 5.32 Å². The van der Waals surface area contributed by atoms with E-state index in [4.69, 9.17) is 9.84 Å². The molecule has 0 atom stereocenters. The highest BCUT2D eigenvalue weighted by molar-refractivity contribution is 7.16. The van der Waals surface area contributed by atoms with Crippen LogP contribution in [0.1, 0.15) is 25.6 Å². The van der Waals surface area contributed by atoms with Gasteiger partial charge in [0.15, 0.2) is 5.13 Å². The number of thiazole rings is 1. The molecular formula is C11H14N2O3S. The summed E-state index contributed by atoms with van der Waals surface area (Å²) in [5, 5.41) is 11.5. The lowest BCUT2D eigenvalue weighted by atomic mass is 10.2. The van der Waals surface area contributed by atoms with Gasteiger partial charge in [-0.05, 0) is 20.8 Å². The number of carbonyl (C=O) groups is 1. The molecule has 0 unspecified atom stereocenters. The van der Waals surface area contributed by atoms with Crippen molar-refractivity contribution in [2.24, 2.45) is 0 Å². The van der Waals surface area contributed by atoms with Crippen LogP contribution in [0.4, 0.5) is 9.93 Å². The van der Waals surface area contributed by atoms with Crippen molar-refractivity contribution in [1.82, 2.24) is 4.98 Å². The molecule has 0 spiro atoms. The molecule has 0 fully saturated rings. The molecule has 0 aliphatic rings. The number of carbonyl (C=O) groups excluding carboxylic acids is 1. The summed E-state index contributed by atoms with van der Waals surface area (Å²) in [6.07, 6.45) is 0.980. The zero-order valence-corrected chi connectivity index (χ0v) is 10.7. The van der Waals surface area contributed by atoms with Crippen molar-refractivity contribution < 1.29 is 14.6 Å². The number of ether oxygens (including phenoxy) is 1. The second-order valence-electron chi connectivity index (χ2n) is 4.12. The number of hydrogen-bond acceptors (Lipinski definition) is 5. The summed E-state index contributed by atoms with van der Waals surface area (Å²) in [6, 6.07) is 0. The third-order valence-corrected chi connectivity index (χ3v) is 2.23. The van der Waals surface area contributed by atoms with Crippen molar-refractivity contribution in [2.75, 3.05) is 11.9 Å². The molecule has 1 aromatic heterocycles. The van der Waals surface area contributed by atoms with Gasteiger partial charge in [-0.25, -0.2) is 9.78 Å². The van der Waals surface area contributed by atoms with Gasteiger partial charge in [-0.15, -0.1) is 0 Å². The molecule has 6 heteroatoms. The van der Waals surface area contributed by atoms with E-state index in [1.165, 1.54) is 17.5 Å². The third-order valence-electron chi connectivity index (χ3n) is 1.40. The Morgan fingerprint density at radius 3 is 2.94 bits per heavy atom. The molecule has 0 saturated heterocycles. The van der Waals surface area contributed by atoms with E-state index < -0.39 is 11.7 Å². The van der Waals surface area contributed by atoms with Crippen LogP contribution < -0.4 is 5.32 Å². The van der Waals surface area contributed by atoms with Crippen LogP contribution >= 0.6 is 11.3 Å². The van der Waals surface area contributed by atoms with E-state index in [0.29, 0.717) is 10.0 Å². The first kappa shape index (κ1) is 13.5. The molecule has 5 nitrogen and oxygen atoms in total. The van der Waals surface area contributed by atoms with Crippen LogP contribution in [-0.4, -0.2) is 28.4 Å². The highest BCUT2D eigenvalue weighted by Crippen LogP contribution is 2.18. The van der Waals surface area contributed by atoms with E-state index in [1.807, 2.05) is 0 Å². The Kier molecular flexibility index (Phi) is 4.49. The Hall–Kier alpha value is -1.58. The second-order valence-corrected chi connectivity index (χ2v) is 5.15. The SMILES string of the molecule is CC(C)(C)OC(=O)Nc1ncc(C#CCO)s1. The van der Waals surface area contributed by atoms with Crippen LogP contribution in [-0.2, 0) is 4.74 Å². The maximum Gasteiger partial charge on any atom is 0.413 e. The van der Waals surface area contributed by atoms with Crippen molar-refractivity contribution in [3.63, 3.8) is 0 Å². The smallest absolute Gasteiger partial charge is 0.413 e.